The van der Waals surface area contributed by atoms with Gasteiger partial charge in [-0.3, -0.25) is 4.79 Å². The molecule has 0 aliphatic carbocycles. The number of carbonyl (C=O) groups is 1. The van der Waals surface area contributed by atoms with Crippen molar-refractivity contribution in [3.63, 3.8) is 0 Å². The molecule has 0 aliphatic heterocycles. The third kappa shape index (κ3) is 5.15. The lowest BCUT2D eigenvalue weighted by molar-refractivity contribution is -0.128. The second-order valence-electron chi connectivity index (χ2n) is 4.14. The summed E-state index contributed by atoms with van der Waals surface area (Å²) in [7, 11) is 0. The first kappa shape index (κ1) is 15.9. The zero-order chi connectivity index (χ0) is 14.1. The van der Waals surface area contributed by atoms with Crippen LogP contribution >= 0.6 is 11.8 Å². The number of rotatable bonds is 9. The molecule has 7 nitrogen and oxygen atoms in total. The van der Waals surface area contributed by atoms with Gasteiger partial charge in [-0.1, -0.05) is 25.6 Å². The van der Waals surface area contributed by atoms with Gasteiger partial charge in [0, 0.05) is 19.6 Å². The predicted octanol–water partition coefficient (Wildman–Crippen LogP) is 0.373. The molecule has 0 atom stereocenters. The van der Waals surface area contributed by atoms with Gasteiger partial charge in [-0.05, 0) is 23.3 Å². The average Bonchev–Trinajstić information content (AvgIpc) is 2.84. The van der Waals surface area contributed by atoms with Crippen molar-refractivity contribution in [2.24, 2.45) is 5.73 Å². The summed E-state index contributed by atoms with van der Waals surface area (Å²) >= 11 is 1.36. The molecule has 1 aromatic heterocycles. The summed E-state index contributed by atoms with van der Waals surface area (Å²) < 4.78 is 1.63. The molecule has 0 fully saturated rings. The molecule has 8 heteroatoms. The Bertz CT molecular complexity index is 377. The highest BCUT2D eigenvalue weighted by molar-refractivity contribution is 7.99. The van der Waals surface area contributed by atoms with Crippen molar-refractivity contribution >= 4 is 17.7 Å². The van der Waals surface area contributed by atoms with Crippen LogP contribution in [0.3, 0.4) is 0 Å². The van der Waals surface area contributed by atoms with Crippen molar-refractivity contribution < 1.29 is 4.79 Å². The number of thioether (sulfide) groups is 1. The molecule has 108 valence electrons. The predicted molar refractivity (Wildman–Crippen MR) is 74.8 cm³/mol. The molecule has 1 amide bonds. The third-order valence-electron chi connectivity index (χ3n) is 2.50. The molecule has 2 N–H and O–H groups in total. The van der Waals surface area contributed by atoms with Gasteiger partial charge in [0.15, 0.2) is 0 Å². The van der Waals surface area contributed by atoms with E-state index in [0.29, 0.717) is 24.0 Å². The summed E-state index contributed by atoms with van der Waals surface area (Å²) in [5, 5.41) is 12.0. The number of carbonyl (C=O) groups excluding carboxylic acids is 1. The average molecular weight is 286 g/mol. The van der Waals surface area contributed by atoms with Gasteiger partial charge in [0.05, 0.1) is 12.3 Å². The topological polar surface area (TPSA) is 89.9 Å². The first-order valence-electron chi connectivity index (χ1n) is 6.59. The van der Waals surface area contributed by atoms with Crippen molar-refractivity contribution in [1.82, 2.24) is 25.1 Å². The Morgan fingerprint density at radius 1 is 1.37 bits per heavy atom. The normalized spacial score (nSPS) is 10.7. The lowest BCUT2D eigenvalue weighted by Gasteiger charge is -2.20. The highest BCUT2D eigenvalue weighted by atomic mass is 32.2. The zero-order valence-corrected chi connectivity index (χ0v) is 12.4. The Morgan fingerprint density at radius 2 is 2.05 bits per heavy atom. The summed E-state index contributed by atoms with van der Waals surface area (Å²) in [5.41, 5.74) is 5.47. The molecular weight excluding hydrogens is 264 g/mol. The fourth-order valence-electron chi connectivity index (χ4n) is 1.68. The second kappa shape index (κ2) is 8.87. The highest BCUT2D eigenvalue weighted by Crippen LogP contribution is 2.14. The van der Waals surface area contributed by atoms with Crippen molar-refractivity contribution in [2.75, 3.05) is 25.4 Å². The largest absolute Gasteiger partial charge is 0.342 e. The van der Waals surface area contributed by atoms with E-state index in [1.807, 2.05) is 4.90 Å². The van der Waals surface area contributed by atoms with Crippen molar-refractivity contribution in [3.8, 4) is 0 Å². The molecule has 0 spiro atoms. The van der Waals surface area contributed by atoms with E-state index in [1.54, 1.807) is 4.68 Å². The summed E-state index contributed by atoms with van der Waals surface area (Å²) in [6.07, 6.45) is 1.95. The first-order chi connectivity index (χ1) is 9.22. The van der Waals surface area contributed by atoms with Gasteiger partial charge >= 0.3 is 0 Å². The summed E-state index contributed by atoms with van der Waals surface area (Å²) in [4.78, 5) is 14.0. The number of nitrogens with two attached hydrogens (primary N) is 1. The molecule has 0 saturated heterocycles. The minimum Gasteiger partial charge on any atom is -0.342 e. The Kier molecular flexibility index (Phi) is 7.42. The summed E-state index contributed by atoms with van der Waals surface area (Å²) in [5.74, 6) is 0.501. The molecule has 0 unspecified atom stereocenters. The van der Waals surface area contributed by atoms with Crippen LogP contribution in [0.2, 0.25) is 0 Å². The SMILES string of the molecule is CCCN(CCC)C(=O)CSc1nnnn1CCN. The van der Waals surface area contributed by atoms with E-state index in [2.05, 4.69) is 29.4 Å². The molecule has 0 radical (unpaired) electrons. The van der Waals surface area contributed by atoms with Gasteiger partial charge in [-0.25, -0.2) is 4.68 Å². The maximum absolute atomic E-state index is 12.1. The van der Waals surface area contributed by atoms with Gasteiger partial charge in [0.1, 0.15) is 0 Å². The Morgan fingerprint density at radius 3 is 2.63 bits per heavy atom. The Hall–Kier alpha value is -1.15. The molecular formula is C11H22N6OS. The molecule has 0 bridgehead atoms. The van der Waals surface area contributed by atoms with Crippen LogP contribution in [0.25, 0.3) is 0 Å². The fraction of sp³-hybridized carbons (Fsp3) is 0.818. The van der Waals surface area contributed by atoms with Crippen LogP contribution in [0.4, 0.5) is 0 Å². The van der Waals surface area contributed by atoms with E-state index >= 15 is 0 Å². The number of tetrazole rings is 1. The Balaban J connectivity index is 2.49. The van der Waals surface area contributed by atoms with Crippen LogP contribution in [0, 0.1) is 0 Å². The maximum atomic E-state index is 12.1. The van der Waals surface area contributed by atoms with Gasteiger partial charge in [-0.15, -0.1) is 5.10 Å². The number of hydrogen-bond donors (Lipinski definition) is 1. The molecule has 19 heavy (non-hydrogen) atoms. The van der Waals surface area contributed by atoms with Gasteiger partial charge in [0.2, 0.25) is 11.1 Å². The first-order valence-corrected chi connectivity index (χ1v) is 7.58. The lowest BCUT2D eigenvalue weighted by Crippen LogP contribution is -2.33. The monoisotopic (exact) mass is 286 g/mol. The minimum absolute atomic E-state index is 0.135. The summed E-state index contributed by atoms with van der Waals surface area (Å²) in [6.45, 7) is 6.80. The second-order valence-corrected chi connectivity index (χ2v) is 5.09. The molecule has 1 rings (SSSR count). The van der Waals surface area contributed by atoms with Crippen LogP contribution in [0.1, 0.15) is 26.7 Å². The van der Waals surface area contributed by atoms with E-state index in [0.717, 1.165) is 25.9 Å². The smallest absolute Gasteiger partial charge is 0.233 e. The lowest BCUT2D eigenvalue weighted by atomic mass is 10.3. The van der Waals surface area contributed by atoms with Crippen LogP contribution in [-0.4, -0.2) is 56.4 Å². The van der Waals surface area contributed by atoms with Crippen molar-refractivity contribution in [1.29, 1.82) is 0 Å². The Labute approximate surface area is 117 Å². The van der Waals surface area contributed by atoms with Gasteiger partial charge in [0.25, 0.3) is 0 Å². The minimum atomic E-state index is 0.135. The van der Waals surface area contributed by atoms with Crippen molar-refractivity contribution in [2.45, 2.75) is 38.4 Å². The molecule has 1 heterocycles. The van der Waals surface area contributed by atoms with E-state index < -0.39 is 0 Å². The van der Waals surface area contributed by atoms with E-state index in [1.165, 1.54) is 11.8 Å². The van der Waals surface area contributed by atoms with Crippen molar-refractivity contribution in [3.05, 3.63) is 0 Å². The molecule has 0 saturated carbocycles. The quantitative estimate of drug-likeness (QED) is 0.660. The highest BCUT2D eigenvalue weighted by Gasteiger charge is 2.14. The third-order valence-corrected chi connectivity index (χ3v) is 3.45. The number of nitrogens with zero attached hydrogens (tertiary/aromatic N) is 5. The molecule has 0 aliphatic rings. The fourth-order valence-corrected chi connectivity index (χ4v) is 2.49. The van der Waals surface area contributed by atoms with Gasteiger partial charge < -0.3 is 10.6 Å². The molecule has 1 aromatic rings. The number of aromatic nitrogens is 4. The van der Waals surface area contributed by atoms with E-state index in [4.69, 9.17) is 5.73 Å². The molecule has 0 aromatic carbocycles. The van der Waals surface area contributed by atoms with Crippen LogP contribution < -0.4 is 5.73 Å². The summed E-state index contributed by atoms with van der Waals surface area (Å²) in [6, 6.07) is 0. The standard InChI is InChI=1S/C11H22N6OS/c1-3-6-16(7-4-2)10(18)9-19-11-13-14-15-17(11)8-5-12/h3-9,12H2,1-2H3. The van der Waals surface area contributed by atoms with Crippen LogP contribution in [0.5, 0.6) is 0 Å². The van der Waals surface area contributed by atoms with E-state index in [-0.39, 0.29) is 5.91 Å². The van der Waals surface area contributed by atoms with Crippen LogP contribution in [0.15, 0.2) is 5.16 Å². The van der Waals surface area contributed by atoms with Gasteiger partial charge in [-0.2, -0.15) is 0 Å². The van der Waals surface area contributed by atoms with Crippen LogP contribution in [-0.2, 0) is 11.3 Å². The van der Waals surface area contributed by atoms with E-state index in [9.17, 15) is 4.79 Å². The number of hydrogen-bond acceptors (Lipinski definition) is 6. The number of amides is 1. The maximum Gasteiger partial charge on any atom is 0.233 e. The zero-order valence-electron chi connectivity index (χ0n) is 11.6.